The zero-order chi connectivity index (χ0) is 15.1. The first-order valence-corrected chi connectivity index (χ1v) is 7.65. The number of amides is 2. The molecule has 2 heterocycles. The van der Waals surface area contributed by atoms with Gasteiger partial charge in [-0.1, -0.05) is 0 Å². The molecule has 112 valence electrons. The lowest BCUT2D eigenvalue weighted by Crippen LogP contribution is -2.34. The van der Waals surface area contributed by atoms with E-state index in [1.54, 1.807) is 4.90 Å². The summed E-state index contributed by atoms with van der Waals surface area (Å²) in [7, 11) is 1.82. The number of nitrogens with zero attached hydrogens (tertiary/aromatic N) is 2. The molecular formula is C14H17BrN4O2. The fraction of sp³-hybridized carbons (Fsp3) is 0.429. The summed E-state index contributed by atoms with van der Waals surface area (Å²) in [5.41, 5.74) is 8.27. The van der Waals surface area contributed by atoms with Gasteiger partial charge in [0.15, 0.2) is 0 Å². The molecule has 0 spiro atoms. The van der Waals surface area contributed by atoms with E-state index in [0.29, 0.717) is 6.54 Å². The Bertz CT molecular complexity index is 619. The summed E-state index contributed by atoms with van der Waals surface area (Å²) < 4.78 is 0.852. The van der Waals surface area contributed by atoms with E-state index in [4.69, 9.17) is 5.73 Å². The number of carbonyl (C=O) groups is 2. The van der Waals surface area contributed by atoms with Crippen molar-refractivity contribution in [2.45, 2.75) is 12.5 Å². The minimum atomic E-state index is -0.623. The van der Waals surface area contributed by atoms with Gasteiger partial charge in [0.1, 0.15) is 6.04 Å². The van der Waals surface area contributed by atoms with Gasteiger partial charge in [-0.05, 0) is 34.5 Å². The van der Waals surface area contributed by atoms with Crippen LogP contribution in [-0.2, 0) is 9.59 Å². The summed E-state index contributed by atoms with van der Waals surface area (Å²) in [5.74, 6) is -0.0960. The molecule has 1 aromatic carbocycles. The maximum atomic E-state index is 12.0. The molecule has 0 bridgehead atoms. The SMILES string of the molecule is CN1CCCN(c2cc3c(cc2Br)C(N)C(=O)N3)CC1=O. The van der Waals surface area contributed by atoms with Crippen LogP contribution >= 0.6 is 15.9 Å². The predicted octanol–water partition coefficient (Wildman–Crippen LogP) is 1.07. The molecule has 1 saturated heterocycles. The third-order valence-electron chi connectivity index (χ3n) is 4.01. The Morgan fingerprint density at radius 3 is 2.86 bits per heavy atom. The summed E-state index contributed by atoms with van der Waals surface area (Å²) in [6.45, 7) is 1.90. The Morgan fingerprint density at radius 1 is 1.33 bits per heavy atom. The number of hydrogen-bond acceptors (Lipinski definition) is 4. The zero-order valence-corrected chi connectivity index (χ0v) is 13.3. The van der Waals surface area contributed by atoms with Crippen LogP contribution in [0.15, 0.2) is 16.6 Å². The normalized spacial score (nSPS) is 22.1. The molecule has 1 unspecified atom stereocenters. The predicted molar refractivity (Wildman–Crippen MR) is 84.2 cm³/mol. The van der Waals surface area contributed by atoms with Crippen molar-refractivity contribution < 1.29 is 9.59 Å². The van der Waals surface area contributed by atoms with Crippen molar-refractivity contribution in [1.82, 2.24) is 4.90 Å². The van der Waals surface area contributed by atoms with Gasteiger partial charge >= 0.3 is 0 Å². The average Bonchev–Trinajstić information content (AvgIpc) is 2.61. The summed E-state index contributed by atoms with van der Waals surface area (Å²) in [6, 6.07) is 3.14. The molecule has 0 radical (unpaired) electrons. The molecule has 0 aromatic heterocycles. The van der Waals surface area contributed by atoms with Crippen molar-refractivity contribution in [2.24, 2.45) is 5.73 Å². The van der Waals surface area contributed by atoms with Gasteiger partial charge in [-0.3, -0.25) is 9.59 Å². The van der Waals surface area contributed by atoms with Gasteiger partial charge in [-0.15, -0.1) is 0 Å². The van der Waals surface area contributed by atoms with Crippen molar-refractivity contribution in [1.29, 1.82) is 0 Å². The van der Waals surface area contributed by atoms with Crippen LogP contribution in [0.1, 0.15) is 18.0 Å². The van der Waals surface area contributed by atoms with Crippen LogP contribution < -0.4 is 16.0 Å². The van der Waals surface area contributed by atoms with Crippen molar-refractivity contribution in [3.63, 3.8) is 0 Å². The highest BCUT2D eigenvalue weighted by molar-refractivity contribution is 9.10. The highest BCUT2D eigenvalue weighted by Crippen LogP contribution is 2.38. The first-order chi connectivity index (χ1) is 9.97. The van der Waals surface area contributed by atoms with Crippen LogP contribution in [0.2, 0.25) is 0 Å². The van der Waals surface area contributed by atoms with Crippen LogP contribution in [0.4, 0.5) is 11.4 Å². The van der Waals surface area contributed by atoms with E-state index < -0.39 is 6.04 Å². The van der Waals surface area contributed by atoms with E-state index in [2.05, 4.69) is 21.2 Å². The second-order valence-electron chi connectivity index (χ2n) is 5.45. The molecule has 0 saturated carbocycles. The molecule has 1 fully saturated rings. The smallest absolute Gasteiger partial charge is 0.245 e. The number of carbonyl (C=O) groups excluding carboxylic acids is 2. The lowest BCUT2D eigenvalue weighted by Gasteiger charge is -2.24. The van der Waals surface area contributed by atoms with E-state index in [1.165, 1.54) is 0 Å². The number of nitrogens with one attached hydrogen (secondary N) is 1. The number of halogens is 1. The number of benzene rings is 1. The number of anilines is 2. The van der Waals surface area contributed by atoms with Gasteiger partial charge < -0.3 is 20.9 Å². The standard InChI is InChI=1S/C14H17BrN4O2/c1-18-3-2-4-19(7-12(18)20)11-6-10-8(5-9(11)15)13(16)14(21)17-10/h5-6,13H,2-4,7,16H2,1H3,(H,17,21). The average molecular weight is 353 g/mol. The molecule has 21 heavy (non-hydrogen) atoms. The molecule has 2 aliphatic heterocycles. The number of fused-ring (bicyclic) bond motifs is 1. The van der Waals surface area contributed by atoms with Crippen molar-refractivity contribution in [2.75, 3.05) is 36.9 Å². The summed E-state index contributed by atoms with van der Waals surface area (Å²) in [5, 5.41) is 2.78. The topological polar surface area (TPSA) is 78.7 Å². The van der Waals surface area contributed by atoms with Gasteiger partial charge in [-0.25, -0.2) is 0 Å². The molecule has 3 N–H and O–H groups in total. The third kappa shape index (κ3) is 2.51. The van der Waals surface area contributed by atoms with Crippen molar-refractivity contribution in [3.05, 3.63) is 22.2 Å². The fourth-order valence-electron chi connectivity index (χ4n) is 2.73. The molecular weight excluding hydrogens is 336 g/mol. The van der Waals surface area contributed by atoms with Crippen LogP contribution in [0.3, 0.4) is 0 Å². The van der Waals surface area contributed by atoms with Gasteiger partial charge in [0.25, 0.3) is 0 Å². The molecule has 1 atom stereocenters. The lowest BCUT2D eigenvalue weighted by atomic mass is 10.1. The Hall–Kier alpha value is -1.60. The second kappa shape index (κ2) is 5.31. The van der Waals surface area contributed by atoms with E-state index in [0.717, 1.165) is 40.9 Å². The maximum Gasteiger partial charge on any atom is 0.245 e. The summed E-state index contributed by atoms with van der Waals surface area (Å²) >= 11 is 3.53. The zero-order valence-electron chi connectivity index (χ0n) is 11.7. The Labute approximate surface area is 131 Å². The minimum Gasteiger partial charge on any atom is -0.361 e. The van der Waals surface area contributed by atoms with Crippen LogP contribution in [0, 0.1) is 0 Å². The molecule has 2 amide bonds. The van der Waals surface area contributed by atoms with E-state index >= 15 is 0 Å². The molecule has 6 nitrogen and oxygen atoms in total. The van der Waals surface area contributed by atoms with Gasteiger partial charge in [0, 0.05) is 35.9 Å². The van der Waals surface area contributed by atoms with E-state index in [-0.39, 0.29) is 11.8 Å². The number of rotatable bonds is 1. The largest absolute Gasteiger partial charge is 0.361 e. The summed E-state index contributed by atoms with van der Waals surface area (Å²) in [4.78, 5) is 27.5. The van der Waals surface area contributed by atoms with E-state index in [1.807, 2.05) is 24.1 Å². The van der Waals surface area contributed by atoms with Gasteiger partial charge in [0.05, 0.1) is 12.2 Å². The molecule has 2 aliphatic rings. The first kappa shape index (κ1) is 14.3. The van der Waals surface area contributed by atoms with Crippen LogP contribution in [-0.4, -0.2) is 43.4 Å². The molecule has 3 rings (SSSR count). The fourth-order valence-corrected chi connectivity index (χ4v) is 3.34. The van der Waals surface area contributed by atoms with Gasteiger partial charge in [0.2, 0.25) is 11.8 Å². The van der Waals surface area contributed by atoms with E-state index in [9.17, 15) is 9.59 Å². The van der Waals surface area contributed by atoms with Crippen molar-refractivity contribution in [3.8, 4) is 0 Å². The summed E-state index contributed by atoms with van der Waals surface area (Å²) in [6.07, 6.45) is 0.914. The molecule has 0 aliphatic carbocycles. The highest BCUT2D eigenvalue weighted by Gasteiger charge is 2.29. The molecule has 1 aromatic rings. The number of hydrogen-bond donors (Lipinski definition) is 2. The lowest BCUT2D eigenvalue weighted by molar-refractivity contribution is -0.127. The third-order valence-corrected chi connectivity index (χ3v) is 4.64. The monoisotopic (exact) mass is 352 g/mol. The Morgan fingerprint density at radius 2 is 2.10 bits per heavy atom. The van der Waals surface area contributed by atoms with Crippen LogP contribution in [0.25, 0.3) is 0 Å². The highest BCUT2D eigenvalue weighted by atomic mass is 79.9. The quantitative estimate of drug-likeness (QED) is 0.792. The Kier molecular flexibility index (Phi) is 3.62. The minimum absolute atomic E-state index is 0.0978. The van der Waals surface area contributed by atoms with Crippen molar-refractivity contribution >= 4 is 39.1 Å². The maximum absolute atomic E-state index is 12.0. The Balaban J connectivity index is 1.95. The van der Waals surface area contributed by atoms with Gasteiger partial charge in [-0.2, -0.15) is 0 Å². The number of nitrogens with two attached hydrogens (primary N) is 1. The van der Waals surface area contributed by atoms with Crippen LogP contribution in [0.5, 0.6) is 0 Å². The number of likely N-dealkylation sites (N-methyl/N-ethyl adjacent to an activating group) is 1. The first-order valence-electron chi connectivity index (χ1n) is 6.86. The molecule has 7 heteroatoms. The second-order valence-corrected chi connectivity index (χ2v) is 6.30.